The molecule has 34 heavy (non-hydrogen) atoms. The van der Waals surface area contributed by atoms with E-state index in [1.165, 1.54) is 11.8 Å². The van der Waals surface area contributed by atoms with Gasteiger partial charge in [0.05, 0.1) is 40.6 Å². The quantitative estimate of drug-likeness (QED) is 0.334. The molecule has 3 rings (SSSR count). The van der Waals surface area contributed by atoms with E-state index in [4.69, 9.17) is 18.9 Å². The fourth-order valence-corrected chi connectivity index (χ4v) is 4.24. The van der Waals surface area contributed by atoms with Gasteiger partial charge in [0.25, 0.3) is 0 Å². The lowest BCUT2D eigenvalue weighted by Gasteiger charge is -2.13. The zero-order valence-electron chi connectivity index (χ0n) is 20.2. The Morgan fingerprint density at radius 3 is 2.41 bits per heavy atom. The molecule has 0 spiro atoms. The molecule has 3 aromatic rings. The van der Waals surface area contributed by atoms with Crippen LogP contribution >= 0.6 is 11.8 Å². The minimum absolute atomic E-state index is 0.218. The lowest BCUT2D eigenvalue weighted by molar-refractivity contribution is 0.0397. The molecule has 1 unspecified atom stereocenters. The summed E-state index contributed by atoms with van der Waals surface area (Å²) in [7, 11) is 4.85. The second-order valence-electron chi connectivity index (χ2n) is 7.71. The summed E-state index contributed by atoms with van der Waals surface area (Å²) in [6.07, 6.45) is 1.45. The summed E-state index contributed by atoms with van der Waals surface area (Å²) in [6.45, 7) is 3.56. The first-order valence-electron chi connectivity index (χ1n) is 11.3. The molecule has 1 atom stereocenters. The number of nitrogens with zero attached hydrogens (tertiary/aromatic N) is 3. The van der Waals surface area contributed by atoms with Gasteiger partial charge in [-0.15, -0.1) is 10.2 Å². The number of aliphatic hydroxyl groups is 1. The third-order valence-corrected chi connectivity index (χ3v) is 6.34. The average molecular weight is 488 g/mol. The number of rotatable bonds is 14. The van der Waals surface area contributed by atoms with Crippen LogP contribution in [-0.4, -0.2) is 59.7 Å². The number of ether oxygens (including phenoxy) is 4. The minimum Gasteiger partial charge on any atom is -0.497 e. The molecular weight excluding hydrogens is 454 g/mol. The fourth-order valence-electron chi connectivity index (χ4n) is 3.37. The van der Waals surface area contributed by atoms with E-state index in [-0.39, 0.29) is 6.61 Å². The molecule has 1 heterocycles. The summed E-state index contributed by atoms with van der Waals surface area (Å²) in [5.74, 6) is 3.40. The molecule has 0 fully saturated rings. The number of aromatic nitrogens is 3. The molecule has 0 saturated heterocycles. The van der Waals surface area contributed by atoms with Crippen LogP contribution in [0, 0.1) is 0 Å². The highest BCUT2D eigenvalue weighted by Crippen LogP contribution is 2.28. The zero-order valence-corrected chi connectivity index (χ0v) is 21.0. The summed E-state index contributed by atoms with van der Waals surface area (Å²) < 4.78 is 23.7. The summed E-state index contributed by atoms with van der Waals surface area (Å²) in [5, 5.41) is 20.1. The number of aliphatic hydroxyl groups excluding tert-OH is 1. The minimum atomic E-state index is -0.633. The van der Waals surface area contributed by atoms with Gasteiger partial charge in [0.15, 0.2) is 22.5 Å². The van der Waals surface area contributed by atoms with Crippen molar-refractivity contribution in [3.05, 3.63) is 48.0 Å². The first-order valence-corrected chi connectivity index (χ1v) is 12.2. The Bertz CT molecular complexity index is 1030. The average Bonchev–Trinajstić information content (AvgIpc) is 3.28. The standard InChI is InChI=1S/C25H33N3O5S/c1-5-6-13-28-24(19-8-10-21(30-2)11-9-19)26-27-25(28)34-17-20(29)16-33-15-18-7-12-22(31-3)23(14-18)32-4/h7-12,14,20,29H,5-6,13,15-17H2,1-4H3. The fraction of sp³-hybridized carbons (Fsp3) is 0.440. The van der Waals surface area contributed by atoms with Crippen LogP contribution in [0.3, 0.4) is 0 Å². The molecule has 9 heteroatoms. The van der Waals surface area contributed by atoms with Crippen molar-refractivity contribution >= 4 is 11.8 Å². The molecule has 0 radical (unpaired) electrons. The topological polar surface area (TPSA) is 87.9 Å². The predicted molar refractivity (Wildman–Crippen MR) is 133 cm³/mol. The van der Waals surface area contributed by atoms with Crippen molar-refractivity contribution in [2.24, 2.45) is 0 Å². The van der Waals surface area contributed by atoms with Crippen molar-refractivity contribution in [2.75, 3.05) is 33.7 Å². The number of methoxy groups -OCH3 is 3. The molecule has 0 aliphatic rings. The summed E-state index contributed by atoms with van der Waals surface area (Å²) in [5.41, 5.74) is 1.93. The number of hydrogen-bond donors (Lipinski definition) is 1. The van der Waals surface area contributed by atoms with E-state index in [0.717, 1.165) is 47.2 Å². The highest BCUT2D eigenvalue weighted by atomic mass is 32.2. The molecule has 1 N–H and O–H groups in total. The molecule has 2 aromatic carbocycles. The summed E-state index contributed by atoms with van der Waals surface area (Å²) in [6, 6.07) is 13.4. The normalized spacial score (nSPS) is 11.9. The van der Waals surface area contributed by atoms with Crippen LogP contribution in [-0.2, 0) is 17.9 Å². The second kappa shape index (κ2) is 13.2. The van der Waals surface area contributed by atoms with Crippen LogP contribution in [0.25, 0.3) is 11.4 Å². The van der Waals surface area contributed by atoms with Gasteiger partial charge >= 0.3 is 0 Å². The Balaban J connectivity index is 1.57. The molecule has 8 nitrogen and oxygen atoms in total. The third kappa shape index (κ3) is 6.88. The first-order chi connectivity index (χ1) is 16.6. The van der Waals surface area contributed by atoms with Crippen molar-refractivity contribution < 1.29 is 24.1 Å². The summed E-state index contributed by atoms with van der Waals surface area (Å²) >= 11 is 1.48. The lowest BCUT2D eigenvalue weighted by Crippen LogP contribution is -2.18. The Hall–Kier alpha value is -2.75. The van der Waals surface area contributed by atoms with E-state index in [2.05, 4.69) is 21.7 Å². The maximum Gasteiger partial charge on any atom is 0.191 e. The molecule has 1 aromatic heterocycles. The first kappa shape index (κ1) is 25.9. The van der Waals surface area contributed by atoms with E-state index >= 15 is 0 Å². The molecule has 0 aliphatic carbocycles. The van der Waals surface area contributed by atoms with Crippen molar-refractivity contribution in [1.29, 1.82) is 0 Å². The van der Waals surface area contributed by atoms with Crippen molar-refractivity contribution in [1.82, 2.24) is 14.8 Å². The van der Waals surface area contributed by atoms with Crippen LogP contribution < -0.4 is 14.2 Å². The largest absolute Gasteiger partial charge is 0.497 e. The third-order valence-electron chi connectivity index (χ3n) is 5.23. The van der Waals surface area contributed by atoms with Gasteiger partial charge in [-0.25, -0.2) is 0 Å². The molecule has 184 valence electrons. The highest BCUT2D eigenvalue weighted by Gasteiger charge is 2.16. The lowest BCUT2D eigenvalue weighted by atomic mass is 10.2. The van der Waals surface area contributed by atoms with Crippen LogP contribution in [0.4, 0.5) is 0 Å². The van der Waals surface area contributed by atoms with Crippen LogP contribution in [0.2, 0.25) is 0 Å². The van der Waals surface area contributed by atoms with Gasteiger partial charge in [0.1, 0.15) is 5.75 Å². The van der Waals surface area contributed by atoms with Gasteiger partial charge in [-0.3, -0.25) is 0 Å². The maximum atomic E-state index is 10.5. The monoisotopic (exact) mass is 487 g/mol. The predicted octanol–water partition coefficient (Wildman–Crippen LogP) is 4.44. The Kier molecular flexibility index (Phi) is 10.1. The van der Waals surface area contributed by atoms with Gasteiger partial charge < -0.3 is 28.6 Å². The molecule has 0 aliphatic heterocycles. The Morgan fingerprint density at radius 1 is 0.971 bits per heavy atom. The molecule has 0 amide bonds. The van der Waals surface area contributed by atoms with Crippen LogP contribution in [0.5, 0.6) is 17.2 Å². The number of hydrogen-bond acceptors (Lipinski definition) is 8. The highest BCUT2D eigenvalue weighted by molar-refractivity contribution is 7.99. The maximum absolute atomic E-state index is 10.5. The number of unbranched alkanes of at least 4 members (excludes halogenated alkanes) is 1. The van der Waals surface area contributed by atoms with Crippen molar-refractivity contribution in [2.45, 2.75) is 44.2 Å². The van der Waals surface area contributed by atoms with E-state index in [1.807, 2.05) is 42.5 Å². The van der Waals surface area contributed by atoms with Crippen LogP contribution in [0.15, 0.2) is 47.6 Å². The van der Waals surface area contributed by atoms with Gasteiger partial charge in [-0.05, 0) is 48.4 Å². The SMILES string of the molecule is CCCCn1c(SCC(O)COCc2ccc(OC)c(OC)c2)nnc1-c1ccc(OC)cc1. The summed E-state index contributed by atoms with van der Waals surface area (Å²) in [4.78, 5) is 0. The zero-order chi connectivity index (χ0) is 24.3. The Labute approximate surface area is 205 Å². The van der Waals surface area contributed by atoms with Gasteiger partial charge in [-0.2, -0.15) is 0 Å². The van der Waals surface area contributed by atoms with Gasteiger partial charge in [0, 0.05) is 17.9 Å². The van der Waals surface area contributed by atoms with Crippen LogP contribution in [0.1, 0.15) is 25.3 Å². The van der Waals surface area contributed by atoms with Gasteiger partial charge in [-0.1, -0.05) is 31.2 Å². The molecular formula is C25H33N3O5S. The second-order valence-corrected chi connectivity index (χ2v) is 8.70. The van der Waals surface area contributed by atoms with E-state index in [0.29, 0.717) is 23.9 Å². The van der Waals surface area contributed by atoms with Gasteiger partial charge in [0.2, 0.25) is 0 Å². The number of benzene rings is 2. The number of thioether (sulfide) groups is 1. The van der Waals surface area contributed by atoms with E-state index in [1.54, 1.807) is 21.3 Å². The molecule has 0 bridgehead atoms. The molecule has 0 saturated carbocycles. The van der Waals surface area contributed by atoms with E-state index in [9.17, 15) is 5.11 Å². The Morgan fingerprint density at radius 2 is 1.74 bits per heavy atom. The van der Waals surface area contributed by atoms with E-state index < -0.39 is 6.10 Å². The smallest absolute Gasteiger partial charge is 0.191 e. The van der Waals surface area contributed by atoms with Crippen molar-refractivity contribution in [3.63, 3.8) is 0 Å². The van der Waals surface area contributed by atoms with Crippen molar-refractivity contribution in [3.8, 4) is 28.6 Å².